The Hall–Kier alpha value is -3.35. The first-order valence-corrected chi connectivity index (χ1v) is 11.8. The summed E-state index contributed by atoms with van der Waals surface area (Å²) >= 11 is 0. The predicted molar refractivity (Wildman–Crippen MR) is 128 cm³/mol. The van der Waals surface area contributed by atoms with E-state index in [1.54, 1.807) is 0 Å². The van der Waals surface area contributed by atoms with Crippen molar-refractivity contribution in [3.05, 3.63) is 59.7 Å². The van der Waals surface area contributed by atoms with E-state index in [1.807, 2.05) is 45.0 Å². The summed E-state index contributed by atoms with van der Waals surface area (Å²) in [6, 6.07) is 15.8. The van der Waals surface area contributed by atoms with E-state index >= 15 is 0 Å². The lowest BCUT2D eigenvalue weighted by Gasteiger charge is -2.35. The number of benzene rings is 2. The SMILES string of the molecule is CC(C)(C)C(CC(=O)NC1CC(C(=O)O)C1)NC(=O)OCC1c2ccccc2-c2ccccc21. The Morgan fingerprint density at radius 2 is 1.56 bits per heavy atom. The molecular formula is C27H32N2O5. The van der Waals surface area contributed by atoms with Crippen LogP contribution in [0.25, 0.3) is 11.1 Å². The molecule has 2 aromatic carbocycles. The van der Waals surface area contributed by atoms with E-state index in [4.69, 9.17) is 9.84 Å². The van der Waals surface area contributed by atoms with Crippen LogP contribution in [0.2, 0.25) is 0 Å². The standard InChI is InChI=1S/C27H32N2O5/c1-27(2,3)23(14-24(30)28-17-12-16(13-17)25(31)32)29-26(33)34-15-22-20-10-6-4-8-18(20)19-9-5-7-11-21(19)22/h4-11,16-17,22-23H,12-15H2,1-3H3,(H,28,30)(H,29,33)(H,31,32). The molecule has 1 saturated carbocycles. The van der Waals surface area contributed by atoms with Crippen LogP contribution in [-0.2, 0) is 14.3 Å². The molecular weight excluding hydrogens is 432 g/mol. The molecule has 2 aliphatic rings. The van der Waals surface area contributed by atoms with Gasteiger partial charge >= 0.3 is 12.1 Å². The van der Waals surface area contributed by atoms with Crippen molar-refractivity contribution in [2.24, 2.45) is 11.3 Å². The molecule has 1 atom stereocenters. The summed E-state index contributed by atoms with van der Waals surface area (Å²) in [7, 11) is 0. The summed E-state index contributed by atoms with van der Waals surface area (Å²) in [5.41, 5.74) is 4.24. The third kappa shape index (κ3) is 5.08. The van der Waals surface area contributed by atoms with Gasteiger partial charge in [0.2, 0.25) is 5.91 Å². The van der Waals surface area contributed by atoms with Crippen molar-refractivity contribution in [1.29, 1.82) is 0 Å². The van der Waals surface area contributed by atoms with Crippen molar-refractivity contribution >= 4 is 18.0 Å². The molecule has 0 heterocycles. The highest BCUT2D eigenvalue weighted by Crippen LogP contribution is 2.44. The highest BCUT2D eigenvalue weighted by molar-refractivity contribution is 5.80. The number of carboxylic acid groups (broad SMARTS) is 1. The summed E-state index contributed by atoms with van der Waals surface area (Å²) in [6.07, 6.45) is 0.438. The zero-order valence-electron chi connectivity index (χ0n) is 19.8. The molecule has 0 aliphatic heterocycles. The second-order valence-electron chi connectivity index (χ2n) is 10.4. The van der Waals surface area contributed by atoms with Gasteiger partial charge in [0.05, 0.1) is 5.92 Å². The number of nitrogens with one attached hydrogen (secondary N) is 2. The van der Waals surface area contributed by atoms with Crippen LogP contribution in [0, 0.1) is 11.3 Å². The van der Waals surface area contributed by atoms with Crippen LogP contribution >= 0.6 is 0 Å². The number of carbonyl (C=O) groups excluding carboxylic acids is 2. The average Bonchev–Trinajstić information content (AvgIpc) is 3.07. The van der Waals surface area contributed by atoms with Gasteiger partial charge in [-0.2, -0.15) is 0 Å². The Bertz CT molecular complexity index is 1040. The summed E-state index contributed by atoms with van der Waals surface area (Å²) in [6.45, 7) is 6.08. The Morgan fingerprint density at radius 1 is 1.00 bits per heavy atom. The third-order valence-corrected chi connectivity index (χ3v) is 6.92. The number of fused-ring (bicyclic) bond motifs is 3. The van der Waals surface area contributed by atoms with E-state index in [1.165, 1.54) is 0 Å². The van der Waals surface area contributed by atoms with Crippen LogP contribution in [0.4, 0.5) is 4.79 Å². The first-order chi connectivity index (χ1) is 16.1. The van der Waals surface area contributed by atoms with E-state index in [0.29, 0.717) is 12.8 Å². The van der Waals surface area contributed by atoms with Crippen molar-refractivity contribution in [2.45, 2.75) is 58.0 Å². The molecule has 0 radical (unpaired) electrons. The number of hydrogen-bond acceptors (Lipinski definition) is 4. The highest BCUT2D eigenvalue weighted by atomic mass is 16.5. The maximum absolute atomic E-state index is 12.7. The maximum atomic E-state index is 12.7. The van der Waals surface area contributed by atoms with E-state index in [2.05, 4.69) is 34.9 Å². The molecule has 34 heavy (non-hydrogen) atoms. The highest BCUT2D eigenvalue weighted by Gasteiger charge is 2.37. The van der Waals surface area contributed by atoms with Gasteiger partial charge in [-0.3, -0.25) is 9.59 Å². The van der Waals surface area contributed by atoms with Gasteiger partial charge in [0, 0.05) is 24.4 Å². The van der Waals surface area contributed by atoms with E-state index < -0.39 is 18.1 Å². The minimum Gasteiger partial charge on any atom is -0.481 e. The van der Waals surface area contributed by atoms with Gasteiger partial charge in [-0.05, 0) is 40.5 Å². The Labute approximate surface area is 199 Å². The molecule has 3 N–H and O–H groups in total. The number of amides is 2. The molecule has 4 rings (SSSR count). The van der Waals surface area contributed by atoms with Gasteiger partial charge < -0.3 is 20.5 Å². The van der Waals surface area contributed by atoms with Crippen molar-refractivity contribution < 1.29 is 24.2 Å². The lowest BCUT2D eigenvalue weighted by molar-refractivity contribution is -0.146. The van der Waals surface area contributed by atoms with E-state index in [-0.39, 0.29) is 42.2 Å². The van der Waals surface area contributed by atoms with Gasteiger partial charge in [-0.25, -0.2) is 4.79 Å². The first kappa shape index (κ1) is 23.8. The number of alkyl carbamates (subject to hydrolysis) is 1. The maximum Gasteiger partial charge on any atom is 0.407 e. The number of aliphatic carboxylic acids is 1. The van der Waals surface area contributed by atoms with Gasteiger partial charge in [0.1, 0.15) is 6.61 Å². The Balaban J connectivity index is 1.34. The molecule has 0 bridgehead atoms. The zero-order chi connectivity index (χ0) is 24.5. The summed E-state index contributed by atoms with van der Waals surface area (Å²) in [5.74, 6) is -1.44. The Kier molecular flexibility index (Phi) is 6.64. The molecule has 7 heteroatoms. The van der Waals surface area contributed by atoms with Crippen LogP contribution in [-0.4, -0.2) is 41.8 Å². The van der Waals surface area contributed by atoms with Crippen molar-refractivity contribution in [3.8, 4) is 11.1 Å². The number of ether oxygens (including phenoxy) is 1. The minimum atomic E-state index is -0.824. The summed E-state index contributed by atoms with van der Waals surface area (Å²) in [5, 5.41) is 14.8. The summed E-state index contributed by atoms with van der Waals surface area (Å²) < 4.78 is 5.65. The molecule has 0 aromatic heterocycles. The second kappa shape index (κ2) is 9.49. The smallest absolute Gasteiger partial charge is 0.407 e. The van der Waals surface area contributed by atoms with Gasteiger partial charge in [-0.1, -0.05) is 69.3 Å². The van der Waals surface area contributed by atoms with Crippen LogP contribution in [0.1, 0.15) is 57.1 Å². The fourth-order valence-electron chi connectivity index (χ4n) is 4.77. The predicted octanol–water partition coefficient (Wildman–Crippen LogP) is 4.31. The third-order valence-electron chi connectivity index (χ3n) is 6.92. The van der Waals surface area contributed by atoms with Gasteiger partial charge in [0.25, 0.3) is 0 Å². The van der Waals surface area contributed by atoms with Gasteiger partial charge in [-0.15, -0.1) is 0 Å². The van der Waals surface area contributed by atoms with Crippen molar-refractivity contribution in [1.82, 2.24) is 10.6 Å². The normalized spacial score (nSPS) is 19.9. The quantitative estimate of drug-likeness (QED) is 0.566. The number of rotatable bonds is 7. The molecule has 7 nitrogen and oxygen atoms in total. The number of hydrogen-bond donors (Lipinski definition) is 3. The van der Waals surface area contributed by atoms with E-state index in [9.17, 15) is 14.4 Å². The Morgan fingerprint density at radius 3 is 2.09 bits per heavy atom. The molecule has 0 spiro atoms. The fraction of sp³-hybridized carbons (Fsp3) is 0.444. The monoisotopic (exact) mass is 464 g/mol. The van der Waals surface area contributed by atoms with Crippen LogP contribution < -0.4 is 10.6 Å². The van der Waals surface area contributed by atoms with Crippen LogP contribution in [0.15, 0.2) is 48.5 Å². The molecule has 2 aliphatic carbocycles. The first-order valence-electron chi connectivity index (χ1n) is 11.8. The van der Waals surface area contributed by atoms with Crippen LogP contribution in [0.5, 0.6) is 0 Å². The lowest BCUT2D eigenvalue weighted by atomic mass is 9.80. The largest absolute Gasteiger partial charge is 0.481 e. The summed E-state index contributed by atoms with van der Waals surface area (Å²) in [4.78, 5) is 36.3. The molecule has 2 amide bonds. The van der Waals surface area contributed by atoms with Gasteiger partial charge in [0.15, 0.2) is 0 Å². The van der Waals surface area contributed by atoms with E-state index in [0.717, 1.165) is 22.3 Å². The fourth-order valence-corrected chi connectivity index (χ4v) is 4.77. The second-order valence-corrected chi connectivity index (χ2v) is 10.4. The molecule has 180 valence electrons. The van der Waals surface area contributed by atoms with Crippen LogP contribution in [0.3, 0.4) is 0 Å². The van der Waals surface area contributed by atoms with Crippen molar-refractivity contribution in [2.75, 3.05) is 6.61 Å². The van der Waals surface area contributed by atoms with Crippen molar-refractivity contribution in [3.63, 3.8) is 0 Å². The molecule has 2 aromatic rings. The molecule has 1 unspecified atom stereocenters. The lowest BCUT2D eigenvalue weighted by Crippen LogP contribution is -2.51. The minimum absolute atomic E-state index is 0.0321. The topological polar surface area (TPSA) is 105 Å². The molecule has 0 saturated heterocycles. The number of carboxylic acids is 1. The zero-order valence-corrected chi connectivity index (χ0v) is 19.8. The average molecular weight is 465 g/mol. The number of carbonyl (C=O) groups is 3. The molecule has 1 fully saturated rings.